The van der Waals surface area contributed by atoms with E-state index in [1.807, 2.05) is 52.4 Å². The zero-order valence-corrected chi connectivity index (χ0v) is 60.9. The molecule has 0 unspecified atom stereocenters. The number of carbonyl (C=O) groups excluding carboxylic acids is 1. The molecule has 0 aliphatic carbocycles. The van der Waals surface area contributed by atoms with Gasteiger partial charge in [0.15, 0.2) is 5.96 Å². The summed E-state index contributed by atoms with van der Waals surface area (Å²) in [5.74, 6) is -0.577. The number of aliphatic hydroxyl groups excluding tert-OH is 1. The number of amides is 1. The van der Waals surface area contributed by atoms with E-state index in [4.69, 9.17) is 35.7 Å². The molecule has 0 saturated heterocycles. The van der Waals surface area contributed by atoms with Crippen molar-refractivity contribution in [1.82, 2.24) is 101 Å². The second-order valence-electron chi connectivity index (χ2n) is 26.0. The Morgan fingerprint density at radius 1 is 0.439 bits per heavy atom. The number of hydrogen-bond acceptors (Lipinski definition) is 26. The molecule has 0 aliphatic rings. The first-order chi connectivity index (χ1) is 47.3. The van der Waals surface area contributed by atoms with Gasteiger partial charge in [-0.1, -0.05) is 48.0 Å². The Labute approximate surface area is 593 Å². The average Bonchev–Trinajstić information content (AvgIpc) is 1.20. The van der Waals surface area contributed by atoms with Crippen molar-refractivity contribution in [3.63, 3.8) is 0 Å². The molecule has 0 aromatic carbocycles. The predicted molar refractivity (Wildman–Crippen MR) is 399 cm³/mol. The molecule has 0 bridgehead atoms. The molecule has 31 nitrogen and oxygen atoms in total. The molecule has 0 saturated carbocycles. The minimum absolute atomic E-state index is 0.0206. The number of guanidine groups is 1. The molecule has 0 rings (SSSR count). The molecule has 0 spiro atoms. The quantitative estimate of drug-likeness (QED) is 0.0120. The predicted octanol–water partition coefficient (Wildman–Crippen LogP) is -3.88. The van der Waals surface area contributed by atoms with Gasteiger partial charge in [0.1, 0.15) is 0 Å². The van der Waals surface area contributed by atoms with Crippen molar-refractivity contribution in [2.75, 3.05) is 151 Å². The van der Waals surface area contributed by atoms with Crippen LogP contribution in [0.1, 0.15) is 119 Å². The van der Waals surface area contributed by atoms with E-state index in [1.165, 1.54) is 6.54 Å². The van der Waals surface area contributed by atoms with E-state index >= 15 is 0 Å². The summed E-state index contributed by atoms with van der Waals surface area (Å²) in [6, 6.07) is 0.940. The van der Waals surface area contributed by atoms with Crippen molar-refractivity contribution in [2.45, 2.75) is 173 Å². The van der Waals surface area contributed by atoms with Gasteiger partial charge in [0, 0.05) is 277 Å². The van der Waals surface area contributed by atoms with Crippen LogP contribution >= 0.6 is 0 Å². The maximum absolute atomic E-state index is 11.9. The van der Waals surface area contributed by atoms with Crippen LogP contribution in [-0.4, -0.2) is 244 Å². The molecule has 31 heteroatoms. The molecule has 11 radical (unpaired) electrons. The van der Waals surface area contributed by atoms with Crippen LogP contribution in [0.4, 0.5) is 0 Å². The number of carboxylic acids is 2. The van der Waals surface area contributed by atoms with Gasteiger partial charge < -0.3 is 145 Å². The van der Waals surface area contributed by atoms with Crippen LogP contribution in [-0.2, 0) is 14.4 Å². The molecular formula is C67H142N25O6. The van der Waals surface area contributed by atoms with Crippen molar-refractivity contribution >= 4 is 23.8 Å². The number of nitrogens with two attached hydrogens (primary N) is 5. The van der Waals surface area contributed by atoms with Gasteiger partial charge in [0.25, 0.3) is 0 Å². The number of hydrogen-bond donors (Lipinski definition) is 27. The van der Waals surface area contributed by atoms with Crippen LogP contribution in [0.5, 0.6) is 0 Å². The van der Waals surface area contributed by atoms with E-state index in [0.717, 1.165) is 58.2 Å². The van der Waals surface area contributed by atoms with E-state index in [2.05, 4.69) is 148 Å². The van der Waals surface area contributed by atoms with Crippen molar-refractivity contribution in [2.24, 2.45) is 51.4 Å². The van der Waals surface area contributed by atoms with Crippen LogP contribution in [0.3, 0.4) is 0 Å². The molecule has 32 N–H and O–H groups in total. The highest BCUT2D eigenvalue weighted by Gasteiger charge is 2.21. The lowest BCUT2D eigenvalue weighted by molar-refractivity contribution is -0.138. The average molecular weight is 1390 g/mol. The highest BCUT2D eigenvalue weighted by molar-refractivity contribution is 5.75. The highest BCUT2D eigenvalue weighted by Crippen LogP contribution is 2.10. The number of rotatable bonds is 78. The Morgan fingerprint density at radius 3 is 1.34 bits per heavy atom. The number of nitrogens with zero attached hydrogens (tertiary/aromatic N) is 1. The third-order valence-electron chi connectivity index (χ3n) is 16.1. The van der Waals surface area contributed by atoms with Gasteiger partial charge in [-0.3, -0.25) is 19.4 Å². The fraction of sp³-hybridized carbons (Fsp3) is 0.791. The fourth-order valence-electron chi connectivity index (χ4n) is 10.3. The van der Waals surface area contributed by atoms with Gasteiger partial charge in [0.05, 0.1) is 6.61 Å². The van der Waals surface area contributed by atoms with Crippen molar-refractivity contribution < 1.29 is 29.7 Å². The number of carboxylic acid groups (broad SMARTS) is 2. The summed E-state index contributed by atoms with van der Waals surface area (Å²) in [4.78, 5) is 38.8. The second kappa shape index (κ2) is 68.2. The zero-order valence-electron chi connectivity index (χ0n) is 60.9. The van der Waals surface area contributed by atoms with Crippen molar-refractivity contribution in [1.29, 1.82) is 0 Å². The van der Waals surface area contributed by atoms with Gasteiger partial charge in [0.2, 0.25) is 5.91 Å². The number of unbranched alkanes of at least 4 members (excludes halogenated alkanes) is 1. The lowest BCUT2D eigenvalue weighted by atomic mass is 10.0. The number of aliphatic imine (C=N–C) groups is 1. The second-order valence-corrected chi connectivity index (χ2v) is 26.0. The first-order valence-corrected chi connectivity index (χ1v) is 36.1. The molecule has 0 heterocycles. The standard InChI is InChI=1S/C67H142N25O6/c1-52(2)41-60(48-92-63(54(5)6)49-81-24-23-73-7)90-45-56(11-8-9-19-68)89-46-58(13-16-64(70)94)85-37-32-77-27-30-82-50-62(53(3)4)91-47-59(15-18-66(97)98)86-38-33-75-26-29-79-44-61(51-93)87-39-34-76-25-28-78-42-55(12-10-21-88-67(71)72)83-40-35-80-43-57(14-17-65(95)96)84-36-31-74-22-20-69/h7,20,24,28,30-35,52-63,73-87,89-93H,8-19,21-23,25-27,29,36-51,68-69H2,1-6H3,(H2,70,94)(H,95,96)(H,97,98)(H4,71,72,88)/t55-,56-,57-,58-,59-,60-,61+,62+,63+/m0/s1. The summed E-state index contributed by atoms with van der Waals surface area (Å²) in [6.45, 7) is 44.5. The van der Waals surface area contributed by atoms with Crippen LogP contribution in [0, 0.1) is 83.7 Å². The Morgan fingerprint density at radius 2 is 0.857 bits per heavy atom. The van der Waals surface area contributed by atoms with Gasteiger partial charge in [-0.05, 0) is 75.7 Å². The van der Waals surface area contributed by atoms with Crippen LogP contribution in [0.15, 0.2) is 4.99 Å². The molecule has 98 heavy (non-hydrogen) atoms. The number of primary amides is 1. The molecule has 0 fully saturated rings. The van der Waals surface area contributed by atoms with Crippen LogP contribution < -0.4 is 130 Å². The highest BCUT2D eigenvalue weighted by atomic mass is 16.4. The Balaban J connectivity index is 4.77. The summed E-state index contributed by atoms with van der Waals surface area (Å²) in [6.07, 6.45) is 7.71. The van der Waals surface area contributed by atoms with E-state index in [9.17, 15) is 29.7 Å². The van der Waals surface area contributed by atoms with Gasteiger partial charge in [-0.25, -0.2) is 0 Å². The Kier molecular flexibility index (Phi) is 66.0. The van der Waals surface area contributed by atoms with E-state index in [0.29, 0.717) is 180 Å². The third-order valence-corrected chi connectivity index (χ3v) is 16.1. The molecular weight excluding hydrogens is 1250 g/mol. The topological polar surface area (TPSA) is 483 Å². The monoisotopic (exact) mass is 1390 g/mol. The Bertz CT molecular complexity index is 1820. The molecule has 0 aliphatic heterocycles. The summed E-state index contributed by atoms with van der Waals surface area (Å²) in [5.41, 5.74) is 28.0. The lowest BCUT2D eigenvalue weighted by Gasteiger charge is -2.30. The van der Waals surface area contributed by atoms with E-state index in [-0.39, 0.29) is 73.6 Å². The minimum atomic E-state index is -0.830. The summed E-state index contributed by atoms with van der Waals surface area (Å²) >= 11 is 0. The minimum Gasteiger partial charge on any atom is -0.481 e. The maximum Gasteiger partial charge on any atom is 0.303 e. The number of nitrogens with one attached hydrogen (secondary N) is 19. The Hall–Kier alpha value is -3.20. The van der Waals surface area contributed by atoms with Gasteiger partial charge in [-0.15, -0.1) is 0 Å². The summed E-state index contributed by atoms with van der Waals surface area (Å²) in [7, 11) is 5.44. The van der Waals surface area contributed by atoms with Crippen LogP contribution in [0.2, 0.25) is 0 Å². The lowest BCUT2D eigenvalue weighted by Crippen LogP contribution is -2.52. The molecule has 0 aromatic rings. The van der Waals surface area contributed by atoms with Crippen LogP contribution in [0.25, 0.3) is 0 Å². The molecule has 9 atom stereocenters. The number of aliphatic hydroxyl groups is 1. The first-order valence-electron chi connectivity index (χ1n) is 36.1. The molecule has 1 amide bonds. The normalized spacial score (nSPS) is 14.8. The smallest absolute Gasteiger partial charge is 0.303 e. The van der Waals surface area contributed by atoms with Gasteiger partial charge >= 0.3 is 11.9 Å². The first kappa shape index (κ1) is 94.8. The molecule has 571 valence electrons. The van der Waals surface area contributed by atoms with Crippen molar-refractivity contribution in [3.8, 4) is 0 Å². The summed E-state index contributed by atoms with van der Waals surface area (Å²) in [5, 5.41) is 93.8. The largest absolute Gasteiger partial charge is 0.481 e. The van der Waals surface area contributed by atoms with Crippen molar-refractivity contribution in [3.05, 3.63) is 66.0 Å². The molecule has 0 aromatic heterocycles. The zero-order chi connectivity index (χ0) is 72.5. The number of aliphatic carboxylic acids is 2. The van der Waals surface area contributed by atoms with Gasteiger partial charge in [-0.2, -0.15) is 0 Å². The fourth-order valence-corrected chi connectivity index (χ4v) is 10.3. The third kappa shape index (κ3) is 62.6. The maximum atomic E-state index is 11.9. The van der Waals surface area contributed by atoms with E-state index < -0.39 is 11.9 Å². The summed E-state index contributed by atoms with van der Waals surface area (Å²) < 4.78 is 0. The van der Waals surface area contributed by atoms with E-state index in [1.54, 1.807) is 0 Å². The number of carbonyl (C=O) groups is 3. The SMILES string of the molecule is [CH]NC[CH]NC[C@@H](NC[C@H](CC(C)C)NC[C@H](CCCCN)NC[C@H](CCC(N)=O)NC[CH]NC[CH]NC[C@@H](NC[C@H](CCC(=O)O)NC[CH]NCCNC[C@H](CO)NC[CH]NC[CH]NC[C@H](CCCN=C(N)N)NC[CH]NC[C@H](CCC(=O)O)NC[CH]NC[CH]N)C(C)C)C(C)C.